The summed E-state index contributed by atoms with van der Waals surface area (Å²) in [4.78, 5) is 59.3. The summed E-state index contributed by atoms with van der Waals surface area (Å²) in [6.45, 7) is 6.12. The standard InChI is InChI=1S/C52H55N7O5/c1-27(2)45(53-28(3)63-4)50(60)58-36-16-11-34(23-36)48(58)49-55-41-20-15-33-22-31(13-18-38(33)47(41)56-49)30-12-17-37-32(21-30)14-19-40-39(37)26-42(54-40)44-25-35-24-43(35)59(44)51(61)46(57-52(62)64-5)29-9-7-6-8-10-29/h6-10,12-15,17-22,27-28,34-36,43-46,48,53H,11,16,23-26H2,1-5H3,(H,55,56)(H,57,62)/t28?,34-,35+,36+,43+,44-,45-,46+,48-/m0/s1. The molecular weight excluding hydrogens is 803 g/mol. The summed E-state index contributed by atoms with van der Waals surface area (Å²) >= 11 is 0. The first-order valence-electron chi connectivity index (χ1n) is 23.0. The second-order valence-electron chi connectivity index (χ2n) is 19.0. The first kappa shape index (κ1) is 40.7. The first-order chi connectivity index (χ1) is 31.1. The van der Waals surface area contributed by atoms with E-state index in [1.807, 2.05) is 42.2 Å². The van der Waals surface area contributed by atoms with Gasteiger partial charge in [-0.3, -0.25) is 19.9 Å². The number of hydrogen-bond acceptors (Lipinski definition) is 8. The second-order valence-corrected chi connectivity index (χ2v) is 19.0. The Morgan fingerprint density at radius 2 is 1.55 bits per heavy atom. The number of amides is 3. The monoisotopic (exact) mass is 857 g/mol. The molecule has 2 saturated heterocycles. The Labute approximate surface area is 372 Å². The molecule has 2 aliphatic carbocycles. The zero-order valence-corrected chi connectivity index (χ0v) is 37.0. The van der Waals surface area contributed by atoms with Crippen LogP contribution >= 0.6 is 0 Å². The van der Waals surface area contributed by atoms with Gasteiger partial charge in [0.1, 0.15) is 18.1 Å². The third kappa shape index (κ3) is 6.84. The third-order valence-electron chi connectivity index (χ3n) is 14.9. The second kappa shape index (κ2) is 15.8. The van der Waals surface area contributed by atoms with Gasteiger partial charge in [0.15, 0.2) is 0 Å². The molecular formula is C52H55N7O5. The predicted molar refractivity (Wildman–Crippen MR) is 248 cm³/mol. The van der Waals surface area contributed by atoms with E-state index in [0.29, 0.717) is 18.3 Å². The molecule has 5 aromatic carbocycles. The molecule has 3 N–H and O–H groups in total. The molecule has 12 heteroatoms. The lowest BCUT2D eigenvalue weighted by Crippen LogP contribution is -2.54. The molecule has 1 unspecified atom stereocenters. The van der Waals surface area contributed by atoms with E-state index in [-0.39, 0.29) is 54.2 Å². The summed E-state index contributed by atoms with van der Waals surface area (Å²) in [5, 5.41) is 10.7. The summed E-state index contributed by atoms with van der Waals surface area (Å²) in [5.74, 6) is 1.83. The van der Waals surface area contributed by atoms with Crippen molar-refractivity contribution >= 4 is 61.9 Å². The predicted octanol–water partition coefficient (Wildman–Crippen LogP) is 8.91. The molecule has 64 heavy (non-hydrogen) atoms. The van der Waals surface area contributed by atoms with Gasteiger partial charge in [0.25, 0.3) is 5.91 Å². The number of likely N-dealkylation sites (tertiary alicyclic amines) is 2. The maximum absolute atomic E-state index is 14.4. The van der Waals surface area contributed by atoms with Crippen LogP contribution in [-0.2, 0) is 25.5 Å². The summed E-state index contributed by atoms with van der Waals surface area (Å²) in [5.41, 5.74) is 8.04. The average Bonchev–Trinajstić information content (AvgIpc) is 3.91. The maximum Gasteiger partial charge on any atom is 0.407 e. The molecule has 6 aromatic rings. The largest absolute Gasteiger partial charge is 0.453 e. The number of piperidine rings is 2. The summed E-state index contributed by atoms with van der Waals surface area (Å²) in [7, 11) is 2.98. The topological polar surface area (TPSA) is 141 Å². The van der Waals surface area contributed by atoms with E-state index < -0.39 is 12.1 Å². The molecule has 2 saturated carbocycles. The molecule has 9 atom stereocenters. The fraction of sp³-hybridized carbons (Fsp3) is 0.404. The molecule has 2 bridgehead atoms. The Balaban J connectivity index is 0.843. The summed E-state index contributed by atoms with van der Waals surface area (Å²) in [6.07, 6.45) is 4.82. The number of carbonyl (C=O) groups is 3. The van der Waals surface area contributed by atoms with Crippen molar-refractivity contribution in [2.45, 2.75) is 102 Å². The van der Waals surface area contributed by atoms with Crippen LogP contribution in [0.3, 0.4) is 0 Å². The normalized spacial score (nSPS) is 24.6. The van der Waals surface area contributed by atoms with Crippen LogP contribution in [-0.4, -0.2) is 88.0 Å². The van der Waals surface area contributed by atoms with E-state index in [1.54, 1.807) is 7.11 Å². The van der Waals surface area contributed by atoms with Crippen molar-refractivity contribution in [3.8, 4) is 11.1 Å². The van der Waals surface area contributed by atoms with Crippen molar-refractivity contribution in [1.29, 1.82) is 0 Å². The number of nitrogens with one attached hydrogen (secondary N) is 3. The van der Waals surface area contributed by atoms with Crippen LogP contribution in [0.5, 0.6) is 0 Å². The number of imidazole rings is 1. The van der Waals surface area contributed by atoms with E-state index in [4.69, 9.17) is 19.5 Å². The van der Waals surface area contributed by atoms with Gasteiger partial charge in [-0.15, -0.1) is 0 Å². The number of benzene rings is 5. The minimum Gasteiger partial charge on any atom is -0.453 e. The van der Waals surface area contributed by atoms with Gasteiger partial charge in [0.2, 0.25) is 5.91 Å². The average molecular weight is 858 g/mol. The van der Waals surface area contributed by atoms with Crippen LogP contribution in [0.25, 0.3) is 43.7 Å². The number of carbonyl (C=O) groups excluding carboxylic acids is 3. The van der Waals surface area contributed by atoms with Gasteiger partial charge in [0.05, 0.1) is 42.0 Å². The number of methoxy groups -OCH3 is 2. The summed E-state index contributed by atoms with van der Waals surface area (Å²) in [6, 6.07) is 30.2. The molecule has 0 spiro atoms. The van der Waals surface area contributed by atoms with Crippen molar-refractivity contribution in [2.24, 2.45) is 22.7 Å². The van der Waals surface area contributed by atoms with Crippen LogP contribution < -0.4 is 10.6 Å². The first-order valence-corrected chi connectivity index (χ1v) is 23.0. The fourth-order valence-electron chi connectivity index (χ4n) is 11.6. The van der Waals surface area contributed by atoms with Gasteiger partial charge in [-0.2, -0.15) is 0 Å². The number of ether oxygens (including phenoxy) is 2. The zero-order chi connectivity index (χ0) is 44.0. The van der Waals surface area contributed by atoms with E-state index in [0.717, 1.165) is 93.2 Å². The Morgan fingerprint density at radius 1 is 0.797 bits per heavy atom. The van der Waals surface area contributed by atoms with Crippen LogP contribution in [0.1, 0.15) is 81.9 Å². The smallest absolute Gasteiger partial charge is 0.407 e. The highest BCUT2D eigenvalue weighted by molar-refractivity contribution is 6.08. The number of H-pyrrole nitrogens is 1. The van der Waals surface area contributed by atoms with Crippen molar-refractivity contribution in [1.82, 2.24) is 30.4 Å². The molecule has 0 radical (unpaired) electrons. The number of fused-ring (bicyclic) bond motifs is 9. The highest BCUT2D eigenvalue weighted by Gasteiger charge is 2.57. The number of aromatic amines is 1. The number of nitrogens with zero attached hydrogens (tertiary/aromatic N) is 4. The van der Waals surface area contributed by atoms with Gasteiger partial charge >= 0.3 is 6.09 Å². The number of alkyl carbamates (subject to hydrolysis) is 1. The molecule has 11 rings (SSSR count). The quantitative estimate of drug-likeness (QED) is 0.111. The highest BCUT2D eigenvalue weighted by Crippen LogP contribution is 2.52. The van der Waals surface area contributed by atoms with Gasteiger partial charge in [-0.25, -0.2) is 9.78 Å². The minimum atomic E-state index is -0.844. The lowest BCUT2D eigenvalue weighted by molar-refractivity contribution is -0.140. The molecule has 5 aliphatic rings. The lowest BCUT2D eigenvalue weighted by atomic mass is 9.94. The molecule has 328 valence electrons. The van der Waals surface area contributed by atoms with Gasteiger partial charge in [0, 0.05) is 36.7 Å². The van der Waals surface area contributed by atoms with Crippen LogP contribution in [0.15, 0.2) is 96.0 Å². The third-order valence-corrected chi connectivity index (χ3v) is 14.9. The Hall–Kier alpha value is -6.11. The summed E-state index contributed by atoms with van der Waals surface area (Å²) < 4.78 is 10.4. The molecule has 4 heterocycles. The van der Waals surface area contributed by atoms with Crippen molar-refractivity contribution in [2.75, 3.05) is 14.2 Å². The van der Waals surface area contributed by atoms with Crippen LogP contribution in [0, 0.1) is 17.8 Å². The molecule has 12 nitrogen and oxygen atoms in total. The maximum atomic E-state index is 14.4. The molecule has 3 aliphatic heterocycles. The Morgan fingerprint density at radius 3 is 2.30 bits per heavy atom. The highest BCUT2D eigenvalue weighted by atomic mass is 16.5. The molecule has 4 fully saturated rings. The van der Waals surface area contributed by atoms with Crippen LogP contribution in [0.2, 0.25) is 0 Å². The Kier molecular flexibility index (Phi) is 10.1. The fourth-order valence-corrected chi connectivity index (χ4v) is 11.6. The number of rotatable bonds is 11. The van der Waals surface area contributed by atoms with E-state index >= 15 is 0 Å². The van der Waals surface area contributed by atoms with Crippen molar-refractivity contribution in [3.05, 3.63) is 108 Å². The van der Waals surface area contributed by atoms with Crippen molar-refractivity contribution < 1.29 is 23.9 Å². The molecule has 1 aromatic heterocycles. The number of aliphatic imine (C=N–C) groups is 1. The van der Waals surface area contributed by atoms with Gasteiger partial charge < -0.3 is 29.6 Å². The molecule has 3 amide bonds. The van der Waals surface area contributed by atoms with Crippen molar-refractivity contribution in [3.63, 3.8) is 0 Å². The van der Waals surface area contributed by atoms with E-state index in [1.165, 1.54) is 18.1 Å². The lowest BCUT2D eigenvalue weighted by Gasteiger charge is -2.38. The Bertz CT molecular complexity index is 2870. The minimum absolute atomic E-state index is 0.0815. The number of hydrogen-bond donors (Lipinski definition) is 3. The van der Waals surface area contributed by atoms with Crippen LogP contribution in [0.4, 0.5) is 10.5 Å². The van der Waals surface area contributed by atoms with E-state index in [2.05, 4.69) is 95.0 Å². The SMILES string of the molecule is COC(=O)N[C@@H](C(=O)N1[C@@H]2C[C@@H]2C[C@H]1C1=Nc2ccc3cc(-c4ccc5c(ccc6[nH]c([C@@H]7[C@H]8CC[C@H](C8)N7C(=O)[C@@H](NC(C)OC)C(C)C)nc65)c4)ccc3c2C1)c1ccccc1. The van der Waals surface area contributed by atoms with Gasteiger partial charge in [-0.1, -0.05) is 80.6 Å². The zero-order valence-electron chi connectivity index (χ0n) is 37.0. The number of aromatic nitrogens is 2. The van der Waals surface area contributed by atoms with Gasteiger partial charge in [-0.05, 0) is 119 Å². The van der Waals surface area contributed by atoms with E-state index in [9.17, 15) is 14.4 Å².